The Kier molecular flexibility index (Phi) is 6.05. The molecular formula is C20H19N5O5S. The van der Waals surface area contributed by atoms with Crippen molar-refractivity contribution in [2.45, 2.75) is 18.8 Å². The average Bonchev–Trinajstić information content (AvgIpc) is 2.70. The minimum Gasteiger partial charge on any atom is -0.434 e. The molecule has 2 N–H and O–H groups in total. The molecule has 0 saturated carbocycles. The Labute approximate surface area is 178 Å². The lowest BCUT2D eigenvalue weighted by Gasteiger charge is -2.30. The predicted octanol–water partition coefficient (Wildman–Crippen LogP) is 1.89. The topological polar surface area (TPSA) is 152 Å². The van der Waals surface area contributed by atoms with Gasteiger partial charge in [0, 0.05) is 12.7 Å². The second-order valence-electron chi connectivity index (χ2n) is 6.90. The lowest BCUT2D eigenvalue weighted by molar-refractivity contribution is -0.419. The highest BCUT2D eigenvalue weighted by Gasteiger charge is 2.42. The van der Waals surface area contributed by atoms with Crippen molar-refractivity contribution >= 4 is 15.5 Å². The molecule has 1 aliphatic rings. The van der Waals surface area contributed by atoms with Crippen LogP contribution in [0.4, 0.5) is 0 Å². The summed E-state index contributed by atoms with van der Waals surface area (Å²) >= 11 is 0. The monoisotopic (exact) mass is 441 g/mol. The van der Waals surface area contributed by atoms with Crippen LogP contribution in [-0.2, 0) is 16.3 Å². The molecular weight excluding hydrogens is 422 g/mol. The minimum absolute atomic E-state index is 0.0102. The van der Waals surface area contributed by atoms with Crippen molar-refractivity contribution in [1.29, 1.82) is 5.26 Å². The molecule has 0 saturated heterocycles. The molecule has 0 amide bonds. The highest BCUT2D eigenvalue weighted by molar-refractivity contribution is 7.91. The average molecular weight is 441 g/mol. The Bertz CT molecular complexity index is 1230. The first-order valence-electron chi connectivity index (χ1n) is 9.03. The fraction of sp³-hybridized carbons (Fsp3) is 0.200. The molecule has 0 spiro atoms. The number of aryl methyl sites for hydroxylation is 1. The van der Waals surface area contributed by atoms with Gasteiger partial charge in [-0.1, -0.05) is 30.3 Å². The Hall–Kier alpha value is -3.75. The first-order chi connectivity index (χ1) is 14.6. The summed E-state index contributed by atoms with van der Waals surface area (Å²) < 4.78 is 30.3. The maximum absolute atomic E-state index is 12.3. The maximum atomic E-state index is 12.3. The number of nitro groups is 1. The number of nitrogens with two attached hydrogens (primary N) is 1. The van der Waals surface area contributed by atoms with Gasteiger partial charge in [0.2, 0.25) is 5.50 Å². The third-order valence-electron chi connectivity index (χ3n) is 4.53. The quantitative estimate of drug-likeness (QED) is 0.405. The molecule has 0 bridgehead atoms. The number of aliphatic imine (C=N–C) groups is 1. The van der Waals surface area contributed by atoms with Gasteiger partial charge in [-0.05, 0) is 36.2 Å². The van der Waals surface area contributed by atoms with Gasteiger partial charge in [-0.15, -0.1) is 0 Å². The van der Waals surface area contributed by atoms with E-state index < -0.39 is 31.8 Å². The Morgan fingerprint density at radius 2 is 1.97 bits per heavy atom. The zero-order chi connectivity index (χ0) is 22.8. The van der Waals surface area contributed by atoms with Gasteiger partial charge in [0.25, 0.3) is 5.88 Å². The number of nitriles is 1. The molecule has 1 heterocycles. The number of rotatable bonds is 6. The highest BCUT2D eigenvalue weighted by Crippen LogP contribution is 2.28. The smallest absolute Gasteiger partial charge is 0.351 e. The molecule has 31 heavy (non-hydrogen) atoms. The molecule has 10 nitrogen and oxygen atoms in total. The normalized spacial score (nSPS) is 16.5. The molecule has 2 aromatic carbocycles. The third kappa shape index (κ3) is 4.71. The van der Waals surface area contributed by atoms with Crippen molar-refractivity contribution in [2.24, 2.45) is 10.8 Å². The van der Waals surface area contributed by atoms with Crippen LogP contribution in [0.1, 0.15) is 16.7 Å². The van der Waals surface area contributed by atoms with E-state index in [1.807, 2.05) is 6.07 Å². The van der Waals surface area contributed by atoms with E-state index in [9.17, 15) is 18.5 Å². The van der Waals surface area contributed by atoms with E-state index >= 15 is 0 Å². The number of hydrogen-bond acceptors (Lipinski definition) is 9. The molecule has 1 aliphatic heterocycles. The van der Waals surface area contributed by atoms with Gasteiger partial charge < -0.3 is 4.74 Å². The Morgan fingerprint density at radius 1 is 1.29 bits per heavy atom. The number of hydrogen-bond donors (Lipinski definition) is 1. The van der Waals surface area contributed by atoms with Crippen molar-refractivity contribution in [3.8, 4) is 11.8 Å². The van der Waals surface area contributed by atoms with Crippen molar-refractivity contribution < 1.29 is 18.1 Å². The Morgan fingerprint density at radius 3 is 2.52 bits per heavy atom. The van der Waals surface area contributed by atoms with Gasteiger partial charge >= 0.3 is 5.70 Å². The number of hydrazine groups is 1. The van der Waals surface area contributed by atoms with Crippen molar-refractivity contribution in [3.05, 3.63) is 86.9 Å². The summed E-state index contributed by atoms with van der Waals surface area (Å²) in [6, 6.07) is 15.3. The summed E-state index contributed by atoms with van der Waals surface area (Å²) in [5.74, 6) is 5.65. The van der Waals surface area contributed by atoms with Gasteiger partial charge in [0.15, 0.2) is 9.84 Å². The van der Waals surface area contributed by atoms with Gasteiger partial charge in [0.1, 0.15) is 11.5 Å². The van der Waals surface area contributed by atoms with Crippen molar-refractivity contribution in [2.75, 3.05) is 6.26 Å². The number of sulfone groups is 1. The summed E-state index contributed by atoms with van der Waals surface area (Å²) in [6.07, 6.45) is 0.943. The minimum atomic E-state index is -3.86. The van der Waals surface area contributed by atoms with E-state index in [-0.39, 0.29) is 17.9 Å². The molecule has 1 unspecified atom stereocenters. The van der Waals surface area contributed by atoms with Crippen LogP contribution in [0.25, 0.3) is 0 Å². The van der Waals surface area contributed by atoms with E-state index in [0.29, 0.717) is 21.7 Å². The predicted molar refractivity (Wildman–Crippen MR) is 113 cm³/mol. The van der Waals surface area contributed by atoms with Crippen LogP contribution in [0, 0.1) is 28.4 Å². The largest absolute Gasteiger partial charge is 0.434 e. The lowest BCUT2D eigenvalue weighted by atomic mass is 10.1. The molecule has 0 aromatic heterocycles. The second-order valence-corrected chi connectivity index (χ2v) is 8.98. The first-order valence-corrected chi connectivity index (χ1v) is 11.0. The summed E-state index contributed by atoms with van der Waals surface area (Å²) in [6.45, 7) is 1.68. The van der Waals surface area contributed by atoms with E-state index in [2.05, 4.69) is 4.99 Å². The van der Waals surface area contributed by atoms with Crippen LogP contribution in [-0.4, -0.2) is 35.8 Å². The number of allylic oxidation sites excluding steroid dienone is 1. The van der Waals surface area contributed by atoms with Crippen LogP contribution < -0.4 is 10.6 Å². The zero-order valence-electron chi connectivity index (χ0n) is 16.7. The molecule has 1 atom stereocenters. The van der Waals surface area contributed by atoms with Crippen LogP contribution in [0.3, 0.4) is 0 Å². The van der Waals surface area contributed by atoms with Crippen molar-refractivity contribution in [1.82, 2.24) is 5.01 Å². The summed E-state index contributed by atoms with van der Waals surface area (Å²) in [4.78, 5) is 15.3. The Balaban J connectivity index is 2.13. The molecule has 160 valence electrons. The molecule has 0 fully saturated rings. The van der Waals surface area contributed by atoms with Gasteiger partial charge in [-0.3, -0.25) is 10.1 Å². The SMILES string of the molecule is Cc1cc(OC2=C([N+](=O)[O-])C(Cc3ccccc3)=NC(S(C)(=O)=O)N2N)ccc1C#N. The van der Waals surface area contributed by atoms with Crippen LogP contribution in [0.2, 0.25) is 0 Å². The summed E-state index contributed by atoms with van der Waals surface area (Å²) in [5, 5.41) is 21.7. The number of ether oxygens (including phenoxy) is 1. The van der Waals surface area contributed by atoms with E-state index in [4.69, 9.17) is 15.8 Å². The summed E-state index contributed by atoms with van der Waals surface area (Å²) in [7, 11) is -3.86. The van der Waals surface area contributed by atoms with Crippen LogP contribution >= 0.6 is 0 Å². The molecule has 0 aliphatic carbocycles. The number of benzene rings is 2. The van der Waals surface area contributed by atoms with E-state index in [1.54, 1.807) is 37.3 Å². The fourth-order valence-electron chi connectivity index (χ4n) is 3.04. The number of nitrogens with zero attached hydrogens (tertiary/aromatic N) is 4. The molecule has 2 aromatic rings. The van der Waals surface area contributed by atoms with Crippen LogP contribution in [0.15, 0.2) is 65.1 Å². The van der Waals surface area contributed by atoms with Crippen molar-refractivity contribution in [3.63, 3.8) is 0 Å². The van der Waals surface area contributed by atoms with Gasteiger partial charge in [-0.2, -0.15) is 5.26 Å². The molecule has 3 rings (SSSR count). The van der Waals surface area contributed by atoms with E-state index in [0.717, 1.165) is 6.26 Å². The third-order valence-corrected chi connectivity index (χ3v) is 5.63. The fourth-order valence-corrected chi connectivity index (χ4v) is 3.87. The zero-order valence-corrected chi connectivity index (χ0v) is 17.5. The second kappa shape index (κ2) is 8.55. The molecule has 11 heteroatoms. The lowest BCUT2D eigenvalue weighted by Crippen LogP contribution is -2.50. The highest BCUT2D eigenvalue weighted by atomic mass is 32.2. The summed E-state index contributed by atoms with van der Waals surface area (Å²) in [5.41, 5.74) is -0.511. The standard InChI is InChI=1S/C20H19N5O5S/c1-13-10-16(9-8-15(13)12-21)30-19-18(25(26)27)17(11-14-6-4-3-5-7-14)23-20(24(19)22)31(2,28)29/h3-10,20H,11,22H2,1-2H3. The first kappa shape index (κ1) is 21.9. The van der Waals surface area contributed by atoms with E-state index in [1.165, 1.54) is 18.2 Å². The van der Waals surface area contributed by atoms with Gasteiger partial charge in [-0.25, -0.2) is 24.3 Å². The molecule has 0 radical (unpaired) electrons. The van der Waals surface area contributed by atoms with Crippen LogP contribution in [0.5, 0.6) is 5.75 Å². The maximum Gasteiger partial charge on any atom is 0.351 e. The van der Waals surface area contributed by atoms with Gasteiger partial charge in [0.05, 0.1) is 16.6 Å².